The predicted molar refractivity (Wildman–Crippen MR) is 203 cm³/mol. The second kappa shape index (κ2) is 15.8. The Balaban J connectivity index is 1.35. The van der Waals surface area contributed by atoms with Gasteiger partial charge in [-0.2, -0.15) is 0 Å². The fourth-order valence-electron chi connectivity index (χ4n) is 8.58. The van der Waals surface area contributed by atoms with Gasteiger partial charge in [0.05, 0.1) is 18.0 Å². The lowest BCUT2D eigenvalue weighted by molar-refractivity contribution is -0.342. The molecule has 3 aromatic rings. The first-order valence-electron chi connectivity index (χ1n) is 18.6. The maximum atomic E-state index is 14.8. The monoisotopic (exact) mass is 771 g/mol. The van der Waals surface area contributed by atoms with E-state index in [1.54, 1.807) is 18.3 Å². The van der Waals surface area contributed by atoms with E-state index in [0.717, 1.165) is 5.56 Å². The number of carboxylic acids is 1. The van der Waals surface area contributed by atoms with Gasteiger partial charge in [0.25, 0.3) is 5.91 Å². The van der Waals surface area contributed by atoms with Crippen molar-refractivity contribution < 1.29 is 59.9 Å². The van der Waals surface area contributed by atoms with Crippen LogP contribution >= 0.6 is 0 Å². The van der Waals surface area contributed by atoms with Crippen molar-refractivity contribution in [3.8, 4) is 17.2 Å². The summed E-state index contributed by atoms with van der Waals surface area (Å²) in [5.41, 5.74) is 1.57. The molecule has 0 unspecified atom stereocenters. The Labute approximate surface area is 322 Å². The Bertz CT molecular complexity index is 2070. The minimum atomic E-state index is -2.02. The van der Waals surface area contributed by atoms with Crippen LogP contribution in [0.4, 0.5) is 5.69 Å². The summed E-state index contributed by atoms with van der Waals surface area (Å²) in [5.74, 6) is -5.55. The summed E-state index contributed by atoms with van der Waals surface area (Å²) in [6, 6.07) is 15.6. The molecule has 1 fully saturated rings. The number of phenolic OH excluding ortho intramolecular Hbond substituents is 2. The highest BCUT2D eigenvalue weighted by Gasteiger charge is 2.62. The molecular formula is C41H45N3O12. The number of carbonyl (C=O) groups is 2. The summed E-state index contributed by atoms with van der Waals surface area (Å²) in [6.07, 6.45) is -1.56. The number of aliphatic hydroxyl groups is 5. The van der Waals surface area contributed by atoms with Gasteiger partial charge in [0.15, 0.2) is 17.0 Å². The lowest BCUT2D eigenvalue weighted by atomic mass is 9.75. The lowest BCUT2D eigenvalue weighted by Crippen LogP contribution is -2.68. The van der Waals surface area contributed by atoms with Gasteiger partial charge in [-0.15, -0.1) is 0 Å². The Morgan fingerprint density at radius 2 is 1.79 bits per heavy atom. The zero-order valence-electron chi connectivity index (χ0n) is 30.4. The van der Waals surface area contributed by atoms with Gasteiger partial charge in [-0.05, 0) is 73.1 Å². The van der Waals surface area contributed by atoms with Crippen molar-refractivity contribution >= 4 is 35.6 Å². The molecule has 0 bridgehead atoms. The first kappa shape index (κ1) is 39.1. The number of rotatable bonds is 12. The third kappa shape index (κ3) is 6.84. The summed E-state index contributed by atoms with van der Waals surface area (Å²) in [6.45, 7) is -0.759. The fourth-order valence-corrected chi connectivity index (χ4v) is 8.58. The molecule has 7 atom stereocenters. The van der Waals surface area contributed by atoms with Gasteiger partial charge in [-0.1, -0.05) is 36.4 Å². The summed E-state index contributed by atoms with van der Waals surface area (Å²) < 4.78 is 12.1. The van der Waals surface area contributed by atoms with Crippen LogP contribution in [0, 0.1) is 0 Å². The number of nitrogens with zero attached hydrogens (tertiary/aromatic N) is 3. The van der Waals surface area contributed by atoms with Crippen LogP contribution in [0.25, 0.3) is 6.08 Å². The number of aromatic hydroxyl groups is 2. The summed E-state index contributed by atoms with van der Waals surface area (Å²) >= 11 is 0. The number of carboxylic acid groups (broad SMARTS) is 1. The van der Waals surface area contributed by atoms with E-state index in [2.05, 4.69) is 9.98 Å². The number of carbonyl (C=O) groups excluding carboxylic acids is 1. The maximum absolute atomic E-state index is 14.8. The molecule has 4 aliphatic heterocycles. The van der Waals surface area contributed by atoms with Gasteiger partial charge in [0.2, 0.25) is 5.79 Å². The van der Waals surface area contributed by atoms with E-state index in [9.17, 15) is 50.4 Å². The minimum Gasteiger partial charge on any atom is -0.508 e. The quantitative estimate of drug-likeness (QED) is 0.123. The molecular weight excluding hydrogens is 726 g/mol. The van der Waals surface area contributed by atoms with Crippen molar-refractivity contribution in [2.24, 2.45) is 9.98 Å². The third-order valence-electron chi connectivity index (χ3n) is 11.3. The van der Waals surface area contributed by atoms with Crippen LogP contribution in [0.15, 0.2) is 70.7 Å². The van der Waals surface area contributed by atoms with Gasteiger partial charge < -0.3 is 50.3 Å². The van der Waals surface area contributed by atoms with Gasteiger partial charge >= 0.3 is 5.97 Å². The highest BCUT2D eigenvalue weighted by atomic mass is 16.7. The number of aryl methyl sites for hydroxylation is 1. The summed E-state index contributed by atoms with van der Waals surface area (Å²) in [5, 5.41) is 85.6. The average Bonchev–Trinajstić information content (AvgIpc) is 3.82. The van der Waals surface area contributed by atoms with Crippen LogP contribution in [-0.4, -0.2) is 120 Å². The standard InChI is InChI=1S/C41H45N3O12/c45-16-4-14-40(39(53)54)29(10-7-23-5-2-1-3-6-23)28-19-31(48)37-27(13-15-41(56-37)38(52)36(51)35(50)32(21-46)55-41)34(28)44(40)33(49)12-9-24-8-11-30(47)25(17-24)18-26-20-42-22-43-26/h1-3,5-6,8-9,11-12,17,19-20,29,32,35-36,38,45-48,50-52H,4,7,10,13-16,18,21-22H2,(H,53,54)/b12-9+/t29-,32-,35-,36+,38-,40-,41+/m1/s1. The number of aliphatic imine (C=N–C) groups is 2. The second-order valence-corrected chi connectivity index (χ2v) is 14.6. The van der Waals surface area contributed by atoms with Crippen molar-refractivity contribution in [2.45, 2.75) is 86.6 Å². The van der Waals surface area contributed by atoms with Crippen LogP contribution in [0.2, 0.25) is 0 Å². The van der Waals surface area contributed by atoms with E-state index in [-0.39, 0.29) is 61.5 Å². The number of hydrogen-bond acceptors (Lipinski definition) is 13. The molecule has 0 saturated carbocycles. The van der Waals surface area contributed by atoms with E-state index in [1.807, 2.05) is 30.3 Å². The van der Waals surface area contributed by atoms with Crippen LogP contribution in [0.5, 0.6) is 17.2 Å². The van der Waals surface area contributed by atoms with Gasteiger partial charge in [-0.3, -0.25) is 19.7 Å². The Morgan fingerprint density at radius 1 is 1.00 bits per heavy atom. The third-order valence-corrected chi connectivity index (χ3v) is 11.3. The van der Waals surface area contributed by atoms with Crippen molar-refractivity contribution in [3.63, 3.8) is 0 Å². The molecule has 4 aliphatic rings. The largest absolute Gasteiger partial charge is 0.508 e. The molecule has 8 N–H and O–H groups in total. The van der Waals surface area contributed by atoms with E-state index < -0.39 is 65.9 Å². The molecule has 0 aromatic heterocycles. The number of phenols is 2. The number of amides is 1. The van der Waals surface area contributed by atoms with E-state index in [1.165, 1.54) is 29.2 Å². The normalized spacial score (nSPS) is 28.0. The zero-order valence-corrected chi connectivity index (χ0v) is 30.4. The van der Waals surface area contributed by atoms with Crippen molar-refractivity contribution in [1.82, 2.24) is 0 Å². The van der Waals surface area contributed by atoms with E-state index in [0.29, 0.717) is 41.9 Å². The molecule has 3 aromatic carbocycles. The second-order valence-electron chi connectivity index (χ2n) is 14.6. The van der Waals surface area contributed by atoms with Crippen LogP contribution < -0.4 is 9.64 Å². The Kier molecular flexibility index (Phi) is 11.0. The number of fused-ring (bicyclic) bond motifs is 3. The van der Waals surface area contributed by atoms with Crippen molar-refractivity contribution in [1.29, 1.82) is 0 Å². The highest BCUT2D eigenvalue weighted by Crippen LogP contribution is 2.59. The predicted octanol–water partition coefficient (Wildman–Crippen LogP) is 1.99. The number of aliphatic carboxylic acids is 1. The molecule has 296 valence electrons. The first-order chi connectivity index (χ1) is 26.9. The Morgan fingerprint density at radius 3 is 2.48 bits per heavy atom. The van der Waals surface area contributed by atoms with Gasteiger partial charge in [0, 0.05) is 48.8 Å². The molecule has 0 radical (unpaired) electrons. The molecule has 15 heteroatoms. The van der Waals surface area contributed by atoms with Gasteiger partial charge in [-0.25, -0.2) is 4.79 Å². The molecule has 7 rings (SSSR count). The SMILES string of the molecule is O=C(/C=C/c1ccc(O)c(CC2=NCN=C2)c1)N1c2c(cc(O)c3c2CC[C@@]2(O3)O[C@H](CO)[C@@H](O)[C@H](O)[C@H]2O)[C@@H](CCc2ccccc2)[C@]1(CCCO)C(=O)O. The summed E-state index contributed by atoms with van der Waals surface area (Å²) in [4.78, 5) is 38.2. The molecule has 0 aliphatic carbocycles. The van der Waals surface area contributed by atoms with Gasteiger partial charge in [0.1, 0.15) is 36.8 Å². The average molecular weight is 772 g/mol. The minimum absolute atomic E-state index is 0.0285. The summed E-state index contributed by atoms with van der Waals surface area (Å²) in [7, 11) is 0. The number of benzene rings is 3. The van der Waals surface area contributed by atoms with Crippen LogP contribution in [0.1, 0.15) is 59.4 Å². The zero-order chi connectivity index (χ0) is 39.8. The molecule has 1 amide bonds. The van der Waals surface area contributed by atoms with Crippen LogP contribution in [0.3, 0.4) is 0 Å². The van der Waals surface area contributed by atoms with E-state index in [4.69, 9.17) is 9.47 Å². The molecule has 15 nitrogen and oxygen atoms in total. The number of aliphatic hydroxyl groups excluding tert-OH is 5. The molecule has 1 spiro atoms. The molecule has 1 saturated heterocycles. The first-order valence-corrected chi connectivity index (χ1v) is 18.6. The maximum Gasteiger partial charge on any atom is 0.330 e. The topological polar surface area (TPSA) is 242 Å². The van der Waals surface area contributed by atoms with Crippen molar-refractivity contribution in [3.05, 3.63) is 88.5 Å². The molecule has 4 heterocycles. The highest BCUT2D eigenvalue weighted by molar-refractivity contribution is 6.32. The number of anilines is 1. The Hall–Kier alpha value is -5.16. The van der Waals surface area contributed by atoms with Crippen LogP contribution in [-0.2, 0) is 33.6 Å². The lowest BCUT2D eigenvalue weighted by Gasteiger charge is -2.50. The van der Waals surface area contributed by atoms with Crippen molar-refractivity contribution in [2.75, 3.05) is 24.8 Å². The number of hydrogen-bond donors (Lipinski definition) is 8. The molecule has 56 heavy (non-hydrogen) atoms. The number of ether oxygens (including phenoxy) is 2. The fraction of sp³-hybridized carbons (Fsp3) is 0.415. The van der Waals surface area contributed by atoms with E-state index >= 15 is 0 Å². The smallest absolute Gasteiger partial charge is 0.330 e.